The number of para-hydroxylation sites is 1. The van der Waals surface area contributed by atoms with E-state index in [9.17, 15) is 14.0 Å². The van der Waals surface area contributed by atoms with E-state index in [2.05, 4.69) is 5.32 Å². The largest absolute Gasteiger partial charge is 0.337 e. The van der Waals surface area contributed by atoms with Gasteiger partial charge in [0.15, 0.2) is 0 Å². The van der Waals surface area contributed by atoms with Crippen LogP contribution in [0.1, 0.15) is 22.3 Å². The Hall–Kier alpha value is -3.12. The quantitative estimate of drug-likeness (QED) is 0.670. The summed E-state index contributed by atoms with van der Waals surface area (Å²) in [6.07, 6.45) is 0.554. The van der Waals surface area contributed by atoms with Crippen molar-refractivity contribution >= 4 is 29.3 Å². The fourth-order valence-electron chi connectivity index (χ4n) is 4.32. The topological polar surface area (TPSA) is 49.4 Å². The normalized spacial score (nSPS) is 19.8. The smallest absolute Gasteiger partial charge is 0.255 e. The van der Waals surface area contributed by atoms with E-state index < -0.39 is 11.2 Å². The summed E-state index contributed by atoms with van der Waals surface area (Å²) in [5.74, 6) is -0.744. The molecule has 1 spiro atoms. The van der Waals surface area contributed by atoms with Gasteiger partial charge in [0.25, 0.3) is 5.91 Å². The number of hydrogen-bond donors (Lipinski definition) is 1. The summed E-state index contributed by atoms with van der Waals surface area (Å²) in [7, 11) is 0. The molecule has 1 fully saturated rings. The van der Waals surface area contributed by atoms with E-state index in [1.54, 1.807) is 17.0 Å². The molecule has 30 heavy (non-hydrogen) atoms. The van der Waals surface area contributed by atoms with E-state index in [0.717, 1.165) is 16.1 Å². The van der Waals surface area contributed by atoms with Gasteiger partial charge >= 0.3 is 0 Å². The summed E-state index contributed by atoms with van der Waals surface area (Å²) < 4.78 is 14.7. The average Bonchev–Trinajstić information content (AvgIpc) is 3.33. The van der Waals surface area contributed by atoms with Gasteiger partial charge in [-0.05, 0) is 42.3 Å². The van der Waals surface area contributed by atoms with E-state index in [4.69, 9.17) is 0 Å². The Morgan fingerprint density at radius 3 is 2.60 bits per heavy atom. The van der Waals surface area contributed by atoms with E-state index in [1.165, 1.54) is 17.8 Å². The van der Waals surface area contributed by atoms with E-state index in [-0.39, 0.29) is 11.8 Å². The molecule has 0 saturated carbocycles. The SMILES string of the molecule is O=C(c1cccc(F)c1Sc1ccccc1)N1CCC2(C1)C(=O)Nc1ccccc12. The number of anilines is 1. The number of rotatable bonds is 3. The molecule has 0 bridgehead atoms. The molecule has 0 aromatic heterocycles. The summed E-state index contributed by atoms with van der Waals surface area (Å²) in [6.45, 7) is 0.743. The highest BCUT2D eigenvalue weighted by atomic mass is 32.2. The number of likely N-dealkylation sites (tertiary alicyclic amines) is 1. The molecule has 2 heterocycles. The minimum Gasteiger partial charge on any atom is -0.337 e. The molecule has 1 N–H and O–H groups in total. The van der Waals surface area contributed by atoms with Gasteiger partial charge in [-0.2, -0.15) is 0 Å². The van der Waals surface area contributed by atoms with Crippen LogP contribution in [0.2, 0.25) is 0 Å². The van der Waals surface area contributed by atoms with Crippen molar-refractivity contribution in [3.05, 3.63) is 89.7 Å². The lowest BCUT2D eigenvalue weighted by Crippen LogP contribution is -2.39. The van der Waals surface area contributed by atoms with Crippen molar-refractivity contribution in [2.24, 2.45) is 0 Å². The molecule has 3 aromatic carbocycles. The highest BCUT2D eigenvalue weighted by Crippen LogP contribution is 2.44. The first-order valence-electron chi connectivity index (χ1n) is 9.80. The van der Waals surface area contributed by atoms with E-state index in [0.29, 0.717) is 30.0 Å². The second kappa shape index (κ2) is 7.29. The summed E-state index contributed by atoms with van der Waals surface area (Å²) >= 11 is 1.24. The van der Waals surface area contributed by atoms with Gasteiger partial charge < -0.3 is 10.2 Å². The number of nitrogens with zero attached hydrogens (tertiary/aromatic N) is 1. The van der Waals surface area contributed by atoms with Crippen molar-refractivity contribution in [1.82, 2.24) is 4.90 Å². The molecule has 5 rings (SSSR count). The van der Waals surface area contributed by atoms with E-state index >= 15 is 0 Å². The summed E-state index contributed by atoms with van der Waals surface area (Å²) in [4.78, 5) is 29.0. The zero-order chi connectivity index (χ0) is 20.7. The average molecular weight is 418 g/mol. The number of halogens is 1. The van der Waals surface area contributed by atoms with Crippen LogP contribution < -0.4 is 5.32 Å². The third kappa shape index (κ3) is 2.99. The Morgan fingerprint density at radius 2 is 1.77 bits per heavy atom. The maximum atomic E-state index is 14.7. The number of benzene rings is 3. The van der Waals surface area contributed by atoms with Crippen LogP contribution in [0.4, 0.5) is 10.1 Å². The maximum Gasteiger partial charge on any atom is 0.255 e. The molecule has 1 saturated heterocycles. The van der Waals surface area contributed by atoms with Gasteiger partial charge in [-0.15, -0.1) is 0 Å². The van der Waals surface area contributed by atoms with Gasteiger partial charge in [-0.25, -0.2) is 4.39 Å². The van der Waals surface area contributed by atoms with Crippen LogP contribution in [0.25, 0.3) is 0 Å². The maximum absolute atomic E-state index is 14.7. The number of amides is 2. The number of nitrogens with one attached hydrogen (secondary N) is 1. The Morgan fingerprint density at radius 1 is 1.00 bits per heavy atom. The van der Waals surface area contributed by atoms with Gasteiger partial charge in [-0.1, -0.05) is 54.2 Å². The minimum absolute atomic E-state index is 0.0721. The molecule has 1 atom stereocenters. The lowest BCUT2D eigenvalue weighted by Gasteiger charge is -2.23. The second-order valence-corrected chi connectivity index (χ2v) is 8.67. The van der Waals surface area contributed by atoms with Crippen LogP contribution in [0.15, 0.2) is 82.6 Å². The van der Waals surface area contributed by atoms with Crippen molar-refractivity contribution in [3.8, 4) is 0 Å². The molecule has 150 valence electrons. The summed E-state index contributed by atoms with van der Waals surface area (Å²) in [6, 6.07) is 21.6. The number of carbonyl (C=O) groups excluding carboxylic acids is 2. The highest BCUT2D eigenvalue weighted by molar-refractivity contribution is 7.99. The van der Waals surface area contributed by atoms with Crippen LogP contribution in [-0.2, 0) is 10.2 Å². The minimum atomic E-state index is -0.730. The zero-order valence-corrected chi connectivity index (χ0v) is 16.9. The van der Waals surface area contributed by atoms with Crippen LogP contribution in [0.5, 0.6) is 0 Å². The molecule has 1 unspecified atom stereocenters. The number of fused-ring (bicyclic) bond motifs is 2. The van der Waals surface area contributed by atoms with Gasteiger partial charge in [-0.3, -0.25) is 9.59 Å². The first kappa shape index (κ1) is 18.9. The molecule has 0 radical (unpaired) electrons. The van der Waals surface area contributed by atoms with Crippen LogP contribution in [0.3, 0.4) is 0 Å². The molecule has 4 nitrogen and oxygen atoms in total. The number of carbonyl (C=O) groups is 2. The van der Waals surface area contributed by atoms with Crippen molar-refractivity contribution in [2.75, 3.05) is 18.4 Å². The Bertz CT molecular complexity index is 1150. The first-order valence-corrected chi connectivity index (χ1v) is 10.6. The Balaban J connectivity index is 1.46. The van der Waals surface area contributed by atoms with Gasteiger partial charge in [0.05, 0.1) is 15.9 Å². The van der Waals surface area contributed by atoms with E-state index in [1.807, 2.05) is 54.6 Å². The molecular weight excluding hydrogens is 399 g/mol. The highest BCUT2D eigenvalue weighted by Gasteiger charge is 2.52. The molecular formula is C24H19FN2O2S. The van der Waals surface area contributed by atoms with Crippen molar-refractivity contribution < 1.29 is 14.0 Å². The molecule has 2 aliphatic heterocycles. The standard InChI is InChI=1S/C24H19FN2O2S/c25-19-11-6-9-17(21(19)30-16-7-2-1-3-8-16)22(28)27-14-13-24(15-27)18-10-4-5-12-20(18)26-23(24)29/h1-12H,13-15H2,(H,26,29). The molecule has 2 amide bonds. The lowest BCUT2D eigenvalue weighted by atomic mass is 9.81. The van der Waals surface area contributed by atoms with Crippen molar-refractivity contribution in [2.45, 2.75) is 21.6 Å². The van der Waals surface area contributed by atoms with Gasteiger partial charge in [0.2, 0.25) is 5.91 Å². The van der Waals surface area contributed by atoms with Crippen molar-refractivity contribution in [1.29, 1.82) is 0 Å². The fourth-order valence-corrected chi connectivity index (χ4v) is 5.28. The van der Waals surface area contributed by atoms with Crippen LogP contribution in [0, 0.1) is 5.82 Å². The number of hydrogen-bond acceptors (Lipinski definition) is 3. The van der Waals surface area contributed by atoms with Gasteiger partial charge in [0.1, 0.15) is 5.82 Å². The Labute approximate surface area is 178 Å². The molecule has 0 aliphatic carbocycles. The third-order valence-electron chi connectivity index (χ3n) is 5.84. The predicted molar refractivity (Wildman–Crippen MR) is 114 cm³/mol. The zero-order valence-electron chi connectivity index (χ0n) is 16.1. The molecule has 3 aromatic rings. The third-order valence-corrected chi connectivity index (χ3v) is 6.97. The summed E-state index contributed by atoms with van der Waals surface area (Å²) in [5.41, 5.74) is 1.34. The van der Waals surface area contributed by atoms with Gasteiger partial charge in [0, 0.05) is 23.7 Å². The second-order valence-electron chi connectivity index (χ2n) is 7.59. The predicted octanol–water partition coefficient (Wildman–Crippen LogP) is 4.71. The first-order chi connectivity index (χ1) is 14.6. The molecule has 2 aliphatic rings. The van der Waals surface area contributed by atoms with Crippen LogP contribution in [-0.4, -0.2) is 29.8 Å². The Kier molecular flexibility index (Phi) is 4.59. The lowest BCUT2D eigenvalue weighted by molar-refractivity contribution is -0.120. The molecule has 6 heteroatoms. The van der Waals surface area contributed by atoms with Crippen molar-refractivity contribution in [3.63, 3.8) is 0 Å². The monoisotopic (exact) mass is 418 g/mol. The van der Waals surface area contributed by atoms with Crippen LogP contribution >= 0.6 is 11.8 Å². The fraction of sp³-hybridized carbons (Fsp3) is 0.167. The summed E-state index contributed by atoms with van der Waals surface area (Å²) in [5, 5.41) is 2.94.